The van der Waals surface area contributed by atoms with Gasteiger partial charge in [0.1, 0.15) is 10.8 Å². The minimum absolute atomic E-state index is 0.222. The highest BCUT2D eigenvalue weighted by molar-refractivity contribution is 7.11. The number of rotatable bonds is 6. The maximum Gasteiger partial charge on any atom is 0.573 e. The Hall–Kier alpha value is -2.29. The molecular weight excluding hydrogens is 353 g/mol. The number of nitrogens with zero attached hydrogens (tertiary/aromatic N) is 2. The largest absolute Gasteiger partial charge is 0.573 e. The monoisotopic (exact) mass is 372 g/mol. The lowest BCUT2D eigenvalue weighted by Gasteiger charge is -2.11. The van der Waals surface area contributed by atoms with Crippen LogP contribution in [0.25, 0.3) is 0 Å². The van der Waals surface area contributed by atoms with Crippen LogP contribution in [0.15, 0.2) is 35.5 Å². The number of hydrogen-bond donors (Lipinski definition) is 2. The van der Waals surface area contributed by atoms with Gasteiger partial charge in [-0.1, -0.05) is 12.1 Å². The highest BCUT2D eigenvalue weighted by Gasteiger charge is 2.30. The lowest BCUT2D eigenvalue weighted by molar-refractivity contribution is -0.274. The molecule has 5 nitrogen and oxygen atoms in total. The van der Waals surface area contributed by atoms with E-state index in [9.17, 15) is 13.2 Å². The second kappa shape index (κ2) is 8.70. The molecule has 0 aliphatic carbocycles. The molecule has 0 saturated heterocycles. The minimum atomic E-state index is -4.67. The van der Waals surface area contributed by atoms with Gasteiger partial charge in [0.2, 0.25) is 0 Å². The van der Waals surface area contributed by atoms with Crippen molar-refractivity contribution in [1.82, 2.24) is 15.6 Å². The molecule has 1 aromatic carbocycles. The fraction of sp³-hybridized carbons (Fsp3) is 0.375. The molecule has 0 atom stereocenters. The highest BCUT2D eigenvalue weighted by Crippen LogP contribution is 2.22. The van der Waals surface area contributed by atoms with E-state index in [2.05, 4.69) is 25.3 Å². The van der Waals surface area contributed by atoms with Crippen molar-refractivity contribution in [3.05, 3.63) is 45.9 Å². The molecule has 1 heterocycles. The second-order valence-corrected chi connectivity index (χ2v) is 6.48. The summed E-state index contributed by atoms with van der Waals surface area (Å²) in [5.41, 5.74) is 0.896. The van der Waals surface area contributed by atoms with Crippen molar-refractivity contribution >= 4 is 17.3 Å². The summed E-state index contributed by atoms with van der Waals surface area (Å²) in [6.07, 6.45) is -2.20. The molecule has 1 aromatic heterocycles. The van der Waals surface area contributed by atoms with Gasteiger partial charge in [-0.2, -0.15) is 0 Å². The van der Waals surface area contributed by atoms with Crippen molar-refractivity contribution in [2.45, 2.75) is 26.3 Å². The van der Waals surface area contributed by atoms with Gasteiger partial charge in [-0.25, -0.2) is 4.98 Å². The summed E-state index contributed by atoms with van der Waals surface area (Å²) in [4.78, 5) is 9.54. The van der Waals surface area contributed by atoms with Gasteiger partial charge < -0.3 is 15.4 Å². The molecule has 0 unspecified atom stereocenters. The fourth-order valence-electron chi connectivity index (χ4n) is 2.05. The maximum absolute atomic E-state index is 12.1. The summed E-state index contributed by atoms with van der Waals surface area (Å²) in [7, 11) is 1.67. The lowest BCUT2D eigenvalue weighted by Crippen LogP contribution is -2.37. The number of halogens is 3. The van der Waals surface area contributed by atoms with Gasteiger partial charge in [0.05, 0.1) is 6.54 Å². The Kier molecular flexibility index (Phi) is 6.63. The SMILES string of the molecule is CN=C(NCCc1ccc(OC(F)(F)F)cc1)NCc1ncc(C)s1. The van der Waals surface area contributed by atoms with Crippen molar-refractivity contribution < 1.29 is 17.9 Å². The van der Waals surface area contributed by atoms with Gasteiger partial charge >= 0.3 is 6.36 Å². The van der Waals surface area contributed by atoms with E-state index in [0.717, 1.165) is 15.4 Å². The maximum atomic E-state index is 12.1. The molecule has 0 aliphatic rings. The van der Waals surface area contributed by atoms with Gasteiger partial charge in [0, 0.05) is 24.7 Å². The predicted octanol–water partition coefficient (Wildman–Crippen LogP) is 3.26. The van der Waals surface area contributed by atoms with Crippen molar-refractivity contribution in [3.8, 4) is 5.75 Å². The molecule has 136 valence electrons. The minimum Gasteiger partial charge on any atom is -0.406 e. The molecule has 25 heavy (non-hydrogen) atoms. The van der Waals surface area contributed by atoms with Crippen LogP contribution < -0.4 is 15.4 Å². The average Bonchev–Trinajstić information content (AvgIpc) is 2.96. The number of aryl methyl sites for hydroxylation is 1. The summed E-state index contributed by atoms with van der Waals surface area (Å²) in [6, 6.07) is 5.83. The molecule has 0 fully saturated rings. The number of guanidine groups is 1. The number of hydrogen-bond acceptors (Lipinski definition) is 4. The van der Waals surface area contributed by atoms with Crippen LogP contribution in [0, 0.1) is 6.92 Å². The first-order valence-corrected chi connectivity index (χ1v) is 8.38. The van der Waals surface area contributed by atoms with E-state index in [-0.39, 0.29) is 5.75 Å². The molecule has 0 aliphatic heterocycles. The van der Waals surface area contributed by atoms with Crippen LogP contribution in [0.2, 0.25) is 0 Å². The summed E-state index contributed by atoms with van der Waals surface area (Å²) in [5, 5.41) is 7.29. The summed E-state index contributed by atoms with van der Waals surface area (Å²) < 4.78 is 40.2. The van der Waals surface area contributed by atoms with Crippen LogP contribution >= 0.6 is 11.3 Å². The molecule has 0 amide bonds. The Balaban J connectivity index is 1.74. The zero-order chi connectivity index (χ0) is 18.3. The third-order valence-electron chi connectivity index (χ3n) is 3.16. The van der Waals surface area contributed by atoms with E-state index in [1.165, 1.54) is 12.1 Å². The number of aromatic nitrogens is 1. The van der Waals surface area contributed by atoms with E-state index < -0.39 is 6.36 Å². The van der Waals surface area contributed by atoms with E-state index in [4.69, 9.17) is 0 Å². The molecule has 0 radical (unpaired) electrons. The number of alkyl halides is 3. The standard InChI is InChI=1S/C16H19F3N4OS/c1-11-9-22-14(25-11)10-23-15(20-2)21-8-7-12-3-5-13(6-4-12)24-16(17,18)19/h3-6,9H,7-8,10H2,1-2H3,(H2,20,21,23). The van der Waals surface area contributed by atoms with E-state index >= 15 is 0 Å². The number of nitrogens with one attached hydrogen (secondary N) is 2. The Morgan fingerprint density at radius 2 is 1.96 bits per heavy atom. The van der Waals surface area contributed by atoms with E-state index in [1.54, 1.807) is 30.5 Å². The second-order valence-electron chi connectivity index (χ2n) is 5.16. The van der Waals surface area contributed by atoms with E-state index in [1.807, 2.05) is 13.1 Å². The first kappa shape index (κ1) is 19.0. The van der Waals surface area contributed by atoms with Gasteiger partial charge in [-0.15, -0.1) is 24.5 Å². The van der Waals surface area contributed by atoms with Crippen molar-refractivity contribution in [1.29, 1.82) is 0 Å². The molecule has 2 N–H and O–H groups in total. The topological polar surface area (TPSA) is 58.5 Å². The first-order chi connectivity index (χ1) is 11.9. The average molecular weight is 372 g/mol. The quantitative estimate of drug-likeness (QED) is 0.604. The van der Waals surface area contributed by atoms with Gasteiger partial charge in [-0.05, 0) is 31.0 Å². The third-order valence-corrected chi connectivity index (χ3v) is 4.08. The molecule has 9 heteroatoms. The summed E-state index contributed by atoms with van der Waals surface area (Å²) in [5.74, 6) is 0.422. The number of benzene rings is 1. The first-order valence-electron chi connectivity index (χ1n) is 7.56. The Morgan fingerprint density at radius 1 is 1.24 bits per heavy atom. The van der Waals surface area contributed by atoms with Crippen LogP contribution in [0.1, 0.15) is 15.4 Å². The smallest absolute Gasteiger partial charge is 0.406 e. The van der Waals surface area contributed by atoms with Crippen LogP contribution in [0.5, 0.6) is 5.75 Å². The lowest BCUT2D eigenvalue weighted by atomic mass is 10.1. The highest BCUT2D eigenvalue weighted by atomic mass is 32.1. The molecule has 2 aromatic rings. The molecular formula is C16H19F3N4OS. The van der Waals surface area contributed by atoms with Crippen LogP contribution in [-0.4, -0.2) is 30.9 Å². The Morgan fingerprint density at radius 3 is 2.52 bits per heavy atom. The molecule has 0 spiro atoms. The predicted molar refractivity (Wildman–Crippen MR) is 91.9 cm³/mol. The van der Waals surface area contributed by atoms with Crippen LogP contribution in [-0.2, 0) is 13.0 Å². The summed E-state index contributed by atoms with van der Waals surface area (Å²) in [6.45, 7) is 3.18. The summed E-state index contributed by atoms with van der Waals surface area (Å²) >= 11 is 1.62. The van der Waals surface area contributed by atoms with Crippen LogP contribution in [0.3, 0.4) is 0 Å². The molecule has 2 rings (SSSR count). The normalized spacial score (nSPS) is 12.1. The fourth-order valence-corrected chi connectivity index (χ4v) is 2.77. The Bertz CT molecular complexity index is 698. The zero-order valence-electron chi connectivity index (χ0n) is 13.9. The van der Waals surface area contributed by atoms with Gasteiger partial charge in [-0.3, -0.25) is 4.99 Å². The number of ether oxygens (including phenoxy) is 1. The van der Waals surface area contributed by atoms with Crippen molar-refractivity contribution in [2.24, 2.45) is 4.99 Å². The van der Waals surface area contributed by atoms with Crippen molar-refractivity contribution in [2.75, 3.05) is 13.6 Å². The molecule has 0 bridgehead atoms. The number of thiazole rings is 1. The van der Waals surface area contributed by atoms with E-state index in [0.29, 0.717) is 25.5 Å². The molecule has 0 saturated carbocycles. The number of aliphatic imine (C=N–C) groups is 1. The van der Waals surface area contributed by atoms with Gasteiger partial charge in [0.15, 0.2) is 5.96 Å². The van der Waals surface area contributed by atoms with Gasteiger partial charge in [0.25, 0.3) is 0 Å². The Labute approximate surface area is 148 Å². The zero-order valence-corrected chi connectivity index (χ0v) is 14.7. The van der Waals surface area contributed by atoms with Crippen LogP contribution in [0.4, 0.5) is 13.2 Å². The van der Waals surface area contributed by atoms with Crippen molar-refractivity contribution in [3.63, 3.8) is 0 Å². The third kappa shape index (κ3) is 7.00.